The monoisotopic (exact) mass is 443 g/mol. The first-order valence-corrected chi connectivity index (χ1v) is 8.93. The minimum absolute atomic E-state index is 0.126. The molecule has 0 radical (unpaired) electrons. The fourth-order valence-corrected chi connectivity index (χ4v) is 3.48. The molecule has 0 spiro atoms. The molecule has 3 aromatic rings. The van der Waals surface area contributed by atoms with E-state index in [9.17, 15) is 14.4 Å². The van der Waals surface area contributed by atoms with Gasteiger partial charge in [-0.25, -0.2) is 4.79 Å². The number of nitrogens with zero attached hydrogens (tertiary/aromatic N) is 2. The van der Waals surface area contributed by atoms with E-state index in [1.54, 1.807) is 24.3 Å². The lowest BCUT2D eigenvalue weighted by Gasteiger charge is -2.17. The lowest BCUT2D eigenvalue weighted by Crippen LogP contribution is -2.30. The third-order valence-electron chi connectivity index (χ3n) is 3.68. The predicted molar refractivity (Wildman–Crippen MR) is 105 cm³/mol. The molecule has 0 atom stereocenters. The molecule has 1 N–H and O–H groups in total. The van der Waals surface area contributed by atoms with Crippen LogP contribution >= 0.6 is 46.4 Å². The number of benzene rings is 2. The first kappa shape index (κ1) is 19.6. The Balaban J connectivity index is 2.38. The highest BCUT2D eigenvalue weighted by Gasteiger charge is 2.21. The molecule has 0 aliphatic carbocycles. The third kappa shape index (κ3) is 4.09. The van der Waals surface area contributed by atoms with Gasteiger partial charge in [0.15, 0.2) is 0 Å². The summed E-state index contributed by atoms with van der Waals surface area (Å²) in [6, 6.07) is 8.08. The van der Waals surface area contributed by atoms with Gasteiger partial charge in [0.2, 0.25) is 5.24 Å². The van der Waals surface area contributed by atoms with E-state index in [1.807, 2.05) is 0 Å². The smallest absolute Gasteiger partial charge is 0.281 e. The molecule has 0 bridgehead atoms. The normalized spacial score (nSPS) is 10.8. The van der Waals surface area contributed by atoms with Crippen molar-refractivity contribution in [2.24, 2.45) is 0 Å². The number of nitrogens with one attached hydrogen (secondary N) is 1. The number of hydrogen-bond acceptors (Lipinski definition) is 4. The van der Waals surface area contributed by atoms with E-state index >= 15 is 0 Å². The quantitative estimate of drug-likeness (QED) is 0.619. The second-order valence-corrected chi connectivity index (χ2v) is 7.08. The Bertz CT molecular complexity index is 1150. The maximum Gasteiger partial charge on any atom is 0.349 e. The molecule has 0 aliphatic heterocycles. The van der Waals surface area contributed by atoms with Gasteiger partial charge in [0.25, 0.3) is 5.56 Å². The summed E-state index contributed by atoms with van der Waals surface area (Å²) in [4.78, 5) is 37.0. The van der Waals surface area contributed by atoms with E-state index in [4.69, 9.17) is 46.4 Å². The van der Waals surface area contributed by atoms with Crippen molar-refractivity contribution >= 4 is 51.6 Å². The molecule has 0 saturated carbocycles. The average molecular weight is 445 g/mol. The summed E-state index contributed by atoms with van der Waals surface area (Å²) in [5.41, 5.74) is 0.0900. The van der Waals surface area contributed by atoms with Crippen LogP contribution in [0.5, 0.6) is 0 Å². The van der Waals surface area contributed by atoms with Gasteiger partial charge in [-0.05, 0) is 40.9 Å². The van der Waals surface area contributed by atoms with Gasteiger partial charge < -0.3 is 0 Å². The van der Waals surface area contributed by atoms with E-state index in [0.29, 0.717) is 21.7 Å². The Morgan fingerprint density at radius 3 is 2.37 bits per heavy atom. The van der Waals surface area contributed by atoms with Crippen molar-refractivity contribution in [3.63, 3.8) is 0 Å². The summed E-state index contributed by atoms with van der Waals surface area (Å²) in [5.74, 6) is 0. The number of hydrogen-bond donors (Lipinski definition) is 1. The van der Waals surface area contributed by atoms with E-state index < -0.39 is 16.5 Å². The molecule has 1 aromatic heterocycles. The van der Waals surface area contributed by atoms with Crippen LogP contribution in [0.4, 0.5) is 0 Å². The van der Waals surface area contributed by atoms with Crippen LogP contribution < -0.4 is 11.2 Å². The number of H-pyrrole nitrogens is 1. The summed E-state index contributed by atoms with van der Waals surface area (Å²) >= 11 is 24.2. The van der Waals surface area contributed by atoms with Gasteiger partial charge in [-0.15, -0.1) is 0 Å². The highest BCUT2D eigenvalue weighted by atomic mass is 35.5. The van der Waals surface area contributed by atoms with Gasteiger partial charge in [0.05, 0.1) is 10.7 Å². The Labute approximate surface area is 172 Å². The largest absolute Gasteiger partial charge is 0.349 e. The Hall–Kier alpha value is -2.12. The minimum atomic E-state index is -0.772. The molecule has 10 heteroatoms. The van der Waals surface area contributed by atoms with Gasteiger partial charge in [-0.3, -0.25) is 14.6 Å². The fraction of sp³-hybridized carbons (Fsp3) is 0.0588. The van der Waals surface area contributed by atoms with Crippen LogP contribution in [-0.4, -0.2) is 20.0 Å². The van der Waals surface area contributed by atoms with Crippen LogP contribution in [0.2, 0.25) is 15.1 Å². The summed E-state index contributed by atoms with van der Waals surface area (Å²) < 4.78 is 0.954. The van der Waals surface area contributed by atoms with Crippen molar-refractivity contribution < 1.29 is 4.79 Å². The molecule has 138 valence electrons. The Morgan fingerprint density at radius 1 is 1.11 bits per heavy atom. The first-order chi connectivity index (χ1) is 12.8. The zero-order valence-corrected chi connectivity index (χ0v) is 16.3. The molecule has 0 unspecified atom stereocenters. The van der Waals surface area contributed by atoms with Gasteiger partial charge in [-0.1, -0.05) is 46.9 Å². The summed E-state index contributed by atoms with van der Waals surface area (Å²) in [7, 11) is 0. The second-order valence-electron chi connectivity index (χ2n) is 5.43. The third-order valence-corrected chi connectivity index (χ3v) is 4.82. The first-order valence-electron chi connectivity index (χ1n) is 7.42. The minimum Gasteiger partial charge on any atom is -0.281 e. The second kappa shape index (κ2) is 7.86. The van der Waals surface area contributed by atoms with Crippen LogP contribution in [0.15, 0.2) is 46.1 Å². The maximum atomic E-state index is 12.2. The van der Waals surface area contributed by atoms with E-state index in [2.05, 4.69) is 10.1 Å². The lowest BCUT2D eigenvalue weighted by molar-refractivity contribution is -0.111. The zero-order valence-electron chi connectivity index (χ0n) is 13.3. The van der Waals surface area contributed by atoms with Crippen molar-refractivity contribution in [1.82, 2.24) is 14.8 Å². The number of aromatic nitrogens is 3. The molecule has 3 rings (SSSR count). The number of carbonyl (C=O) groups is 1. The predicted octanol–water partition coefficient (Wildman–Crippen LogP) is 3.86. The Kier molecular flexibility index (Phi) is 5.72. The molecule has 0 amide bonds. The van der Waals surface area contributed by atoms with E-state index in [-0.39, 0.29) is 22.2 Å². The van der Waals surface area contributed by atoms with Crippen LogP contribution in [0, 0.1) is 0 Å². The molecule has 0 saturated heterocycles. The summed E-state index contributed by atoms with van der Waals surface area (Å²) in [5, 5.41) is 3.96. The van der Waals surface area contributed by atoms with Crippen molar-refractivity contribution in [2.45, 2.75) is 6.42 Å². The van der Waals surface area contributed by atoms with Gasteiger partial charge in [0, 0.05) is 22.0 Å². The van der Waals surface area contributed by atoms with Crippen molar-refractivity contribution in [1.29, 1.82) is 0 Å². The van der Waals surface area contributed by atoms with Crippen molar-refractivity contribution in [3.05, 3.63) is 78.0 Å². The number of halogens is 4. The lowest BCUT2D eigenvalue weighted by atomic mass is 9.99. The Morgan fingerprint density at radius 2 is 1.78 bits per heavy atom. The van der Waals surface area contributed by atoms with Crippen LogP contribution in [0.3, 0.4) is 0 Å². The molecule has 0 fully saturated rings. The molecular formula is C17H9Cl4N3O3. The topological polar surface area (TPSA) is 84.8 Å². The summed E-state index contributed by atoms with van der Waals surface area (Å²) in [6.45, 7) is 0. The summed E-state index contributed by atoms with van der Waals surface area (Å²) in [6.07, 6.45) is 0.749. The number of aromatic amines is 1. The van der Waals surface area contributed by atoms with Crippen LogP contribution in [0.1, 0.15) is 5.56 Å². The number of rotatable bonds is 4. The zero-order chi connectivity index (χ0) is 19.7. The average Bonchev–Trinajstić information content (AvgIpc) is 2.59. The molecule has 0 aliphatic rings. The van der Waals surface area contributed by atoms with Crippen LogP contribution in [0.25, 0.3) is 16.8 Å². The standard InChI is InChI=1S/C17H9Cl4N3O3/c18-9-3-1-8(2-4-9)15-12(24-17(27)23-14(26)7-22-24)6-11(19)10(16(15)21)5-13(20)25/h1-4,6-7H,5H2,(H,23,26,27). The highest BCUT2D eigenvalue weighted by Crippen LogP contribution is 2.40. The van der Waals surface area contributed by atoms with E-state index in [0.717, 1.165) is 10.9 Å². The SMILES string of the molecule is O=C(Cl)Cc1c(Cl)cc(-n2ncc(=O)[nH]c2=O)c(-c2ccc(Cl)cc2)c1Cl. The molecule has 2 aromatic carbocycles. The fourth-order valence-electron chi connectivity index (χ4n) is 2.53. The maximum absolute atomic E-state index is 12.2. The van der Waals surface area contributed by atoms with Gasteiger partial charge >= 0.3 is 5.69 Å². The highest BCUT2D eigenvalue weighted by molar-refractivity contribution is 6.64. The number of carbonyl (C=O) groups excluding carboxylic acids is 1. The molecule has 1 heterocycles. The van der Waals surface area contributed by atoms with Gasteiger partial charge in [0.1, 0.15) is 6.20 Å². The van der Waals surface area contributed by atoms with Crippen molar-refractivity contribution in [2.75, 3.05) is 0 Å². The molecule has 6 nitrogen and oxygen atoms in total. The van der Waals surface area contributed by atoms with Crippen molar-refractivity contribution in [3.8, 4) is 16.8 Å². The molecule has 27 heavy (non-hydrogen) atoms. The van der Waals surface area contributed by atoms with Crippen LogP contribution in [-0.2, 0) is 11.2 Å². The van der Waals surface area contributed by atoms with E-state index in [1.165, 1.54) is 6.07 Å². The molecular weight excluding hydrogens is 436 g/mol. The van der Waals surface area contributed by atoms with Gasteiger partial charge in [-0.2, -0.15) is 9.78 Å².